The number of nitrogens with zero attached hydrogens (tertiary/aromatic N) is 5. The average molecular weight is 570 g/mol. The van der Waals surface area contributed by atoms with Crippen molar-refractivity contribution >= 4 is 86.9 Å². The second-order valence-corrected chi connectivity index (χ2v) is 10.7. The Kier molecular flexibility index (Phi) is 7.25. The van der Waals surface area contributed by atoms with Gasteiger partial charge in [0.25, 0.3) is 11.8 Å². The molecule has 14 nitrogen and oxygen atoms in total. The molecule has 1 fully saturated rings. The third kappa shape index (κ3) is 4.90. The molecule has 4 rings (SSSR count). The summed E-state index contributed by atoms with van der Waals surface area (Å²) in [5.41, 5.74) is 16.3. The predicted octanol–water partition coefficient (Wildman–Crippen LogP) is 0.556. The molecule has 4 heterocycles. The zero-order valence-corrected chi connectivity index (χ0v) is 21.0. The Bertz CT molecular complexity index is 1340. The fourth-order valence-electron chi connectivity index (χ4n) is 3.35. The molecule has 2 aromatic heterocycles. The number of halogens is 1. The highest BCUT2D eigenvalue weighted by molar-refractivity contribution is 8.02. The van der Waals surface area contributed by atoms with E-state index in [1.54, 1.807) is 11.5 Å². The number of fused-ring (bicyclic) bond motifs is 1. The molecule has 0 radical (unpaired) electrons. The zero-order chi connectivity index (χ0) is 26.1. The number of rotatable bonds is 7. The van der Waals surface area contributed by atoms with E-state index in [-0.39, 0.29) is 38.4 Å². The first-order valence-corrected chi connectivity index (χ1v) is 12.8. The molecule has 1 saturated heterocycles. The highest BCUT2D eigenvalue weighted by Gasteiger charge is 2.54. The van der Waals surface area contributed by atoms with Gasteiger partial charge < -0.3 is 32.8 Å². The van der Waals surface area contributed by atoms with E-state index in [1.807, 2.05) is 0 Å². The summed E-state index contributed by atoms with van der Waals surface area (Å²) in [6.45, 7) is 0. The van der Waals surface area contributed by atoms with Gasteiger partial charge in [0.1, 0.15) is 38.0 Å². The van der Waals surface area contributed by atoms with Gasteiger partial charge in [-0.25, -0.2) is 14.8 Å². The molecule has 2 aromatic rings. The van der Waals surface area contributed by atoms with Crippen LogP contribution < -0.4 is 22.5 Å². The van der Waals surface area contributed by atoms with Crippen molar-refractivity contribution in [1.82, 2.24) is 25.2 Å². The van der Waals surface area contributed by atoms with Gasteiger partial charge in [0.05, 0.1) is 0 Å². The number of carbonyl (C=O) groups excluding carboxylic acids is 2. The number of carboxylic acid groups (broad SMARTS) is 1. The van der Waals surface area contributed by atoms with Crippen molar-refractivity contribution in [1.29, 1.82) is 0 Å². The topological polar surface area (TPSA) is 236 Å². The minimum atomic E-state index is -1.30. The van der Waals surface area contributed by atoms with Gasteiger partial charge in [0.2, 0.25) is 5.95 Å². The lowest BCUT2D eigenvalue weighted by Gasteiger charge is -2.49. The summed E-state index contributed by atoms with van der Waals surface area (Å²) in [6, 6.07) is 0.447. The number of hydrogen-bond donors (Lipinski definition) is 6. The van der Waals surface area contributed by atoms with Crippen molar-refractivity contribution in [3.05, 3.63) is 38.9 Å². The molecule has 0 aliphatic carbocycles. The highest BCUT2D eigenvalue weighted by Crippen LogP contribution is 2.41. The van der Waals surface area contributed by atoms with Crippen LogP contribution in [0.25, 0.3) is 0 Å². The van der Waals surface area contributed by atoms with Crippen LogP contribution in [0.1, 0.15) is 5.69 Å². The number of hydrogen-bond acceptors (Lipinski definition) is 14. The number of nitrogens with two attached hydrogens (primary N) is 3. The number of nitrogen functional groups attached to an aromatic ring is 3. The first-order chi connectivity index (χ1) is 17.1. The predicted molar refractivity (Wildman–Crippen MR) is 135 cm³/mol. The molecule has 2 aliphatic rings. The van der Waals surface area contributed by atoms with Crippen molar-refractivity contribution in [3.63, 3.8) is 0 Å². The molecule has 0 unspecified atom stereocenters. The molecule has 0 saturated carbocycles. The fraction of sp³-hybridized carbons (Fsp3) is 0.167. The van der Waals surface area contributed by atoms with Gasteiger partial charge in [0.15, 0.2) is 10.8 Å². The Morgan fingerprint density at radius 1 is 1.31 bits per heavy atom. The molecule has 9 N–H and O–H groups in total. The van der Waals surface area contributed by atoms with Gasteiger partial charge in [0, 0.05) is 11.8 Å². The van der Waals surface area contributed by atoms with E-state index in [9.17, 15) is 24.7 Å². The molecule has 0 aromatic carbocycles. The normalized spacial score (nSPS) is 19.9. The van der Waals surface area contributed by atoms with Crippen LogP contribution in [0.5, 0.6) is 0 Å². The number of aromatic nitrogens is 3. The molecular weight excluding hydrogens is 554 g/mol. The number of carbonyl (C=O) groups is 3. The number of aliphatic carboxylic acids is 1. The van der Waals surface area contributed by atoms with Crippen molar-refractivity contribution in [2.75, 3.05) is 23.0 Å². The number of oxime groups is 1. The minimum absolute atomic E-state index is 0.00147. The summed E-state index contributed by atoms with van der Waals surface area (Å²) in [6.07, 6.45) is 1.55. The lowest BCUT2D eigenvalue weighted by molar-refractivity contribution is -0.150. The van der Waals surface area contributed by atoms with Crippen LogP contribution in [-0.4, -0.2) is 70.8 Å². The van der Waals surface area contributed by atoms with Gasteiger partial charge in [-0.3, -0.25) is 14.5 Å². The number of amides is 2. The van der Waals surface area contributed by atoms with Crippen LogP contribution >= 0.6 is 46.5 Å². The minimum Gasteiger partial charge on any atom is -0.477 e. The van der Waals surface area contributed by atoms with Gasteiger partial charge in [-0.05, 0) is 17.1 Å². The summed E-state index contributed by atoms with van der Waals surface area (Å²) in [5, 5.41) is 25.9. The number of β-lactam (4-membered cyclic amide) rings is 1. The molecule has 188 valence electrons. The summed E-state index contributed by atoms with van der Waals surface area (Å²) in [5.74, 6) is -2.44. The quantitative estimate of drug-likeness (QED) is 0.0667. The number of nitrogens with one attached hydrogen (secondary N) is 1. The van der Waals surface area contributed by atoms with Gasteiger partial charge in [-0.2, -0.15) is 4.98 Å². The van der Waals surface area contributed by atoms with Gasteiger partial charge in [-0.1, -0.05) is 39.9 Å². The van der Waals surface area contributed by atoms with Crippen LogP contribution in [0.4, 0.5) is 16.9 Å². The standard InChI is InChI=1S/C18H16ClN9O5S3/c19-12-8(26-18(22)36-12)9(27-33)13(29)25-10-14(30)28-11(16(31)32)5(4-35-15(10)28)1-2-34-7-3-6(20)23-17(21)24-7/h1-3,10,15,33H,4H2,(H2,22,26)(H,25,29)(H,31,32)(H4,20,21,23,24)/b2-1+,27-9+/t10-,15-/m1/s1. The van der Waals surface area contributed by atoms with E-state index >= 15 is 0 Å². The van der Waals surface area contributed by atoms with Crippen LogP contribution in [0.15, 0.2) is 39.0 Å². The Morgan fingerprint density at radius 3 is 2.67 bits per heavy atom. The Hall–Kier alpha value is -3.54. The van der Waals surface area contributed by atoms with E-state index in [0.717, 1.165) is 28.0 Å². The maximum Gasteiger partial charge on any atom is 0.352 e. The number of thioether (sulfide) groups is 2. The molecule has 2 aliphatic heterocycles. The maximum absolute atomic E-state index is 12.8. The molecule has 0 spiro atoms. The second kappa shape index (κ2) is 10.2. The summed E-state index contributed by atoms with van der Waals surface area (Å²) in [4.78, 5) is 50.3. The van der Waals surface area contributed by atoms with Crippen LogP contribution in [-0.2, 0) is 14.4 Å². The van der Waals surface area contributed by atoms with Crippen molar-refractivity contribution in [2.45, 2.75) is 16.4 Å². The number of thiazole rings is 1. The Morgan fingerprint density at radius 2 is 2.06 bits per heavy atom. The Balaban J connectivity index is 1.49. The van der Waals surface area contributed by atoms with E-state index in [0.29, 0.717) is 10.6 Å². The lowest BCUT2D eigenvalue weighted by Crippen LogP contribution is -2.71. The third-order valence-corrected chi connectivity index (χ3v) is 7.93. The summed E-state index contributed by atoms with van der Waals surface area (Å²) >= 11 is 9.25. The molecular formula is C18H16ClN9O5S3. The third-order valence-electron chi connectivity index (χ3n) is 4.83. The number of anilines is 3. The number of allylic oxidation sites excluding steroid dienone is 1. The molecule has 18 heteroatoms. The van der Waals surface area contributed by atoms with Crippen LogP contribution in [0.3, 0.4) is 0 Å². The Labute approximate surface area is 219 Å². The van der Waals surface area contributed by atoms with Crippen molar-refractivity contribution < 1.29 is 24.7 Å². The SMILES string of the molecule is Nc1cc(S/C=C/C2=C(C(=O)O)N3C(=O)[C@@H](NC(=O)/C(=N/O)c4nc(N)sc4Cl)[C@H]3SC2)nc(N)n1. The van der Waals surface area contributed by atoms with Crippen molar-refractivity contribution in [3.8, 4) is 0 Å². The highest BCUT2D eigenvalue weighted by atomic mass is 35.5. The van der Waals surface area contributed by atoms with Crippen molar-refractivity contribution in [2.24, 2.45) is 5.16 Å². The zero-order valence-electron chi connectivity index (χ0n) is 17.8. The second-order valence-electron chi connectivity index (χ2n) is 7.07. The average Bonchev–Trinajstić information content (AvgIpc) is 3.14. The summed E-state index contributed by atoms with van der Waals surface area (Å²) < 4.78 is 0.0294. The van der Waals surface area contributed by atoms with E-state index in [2.05, 4.69) is 25.4 Å². The first kappa shape index (κ1) is 25.5. The van der Waals surface area contributed by atoms with Crippen LogP contribution in [0, 0.1) is 0 Å². The lowest BCUT2D eigenvalue weighted by atomic mass is 10.0. The van der Waals surface area contributed by atoms with Gasteiger partial charge in [-0.15, -0.1) is 11.8 Å². The monoisotopic (exact) mass is 569 g/mol. The fourth-order valence-corrected chi connectivity index (χ4v) is 6.31. The van der Waals surface area contributed by atoms with Crippen LogP contribution in [0.2, 0.25) is 4.34 Å². The molecule has 2 amide bonds. The first-order valence-electron chi connectivity index (χ1n) is 9.70. The smallest absolute Gasteiger partial charge is 0.352 e. The summed E-state index contributed by atoms with van der Waals surface area (Å²) in [7, 11) is 0. The molecule has 36 heavy (non-hydrogen) atoms. The molecule has 0 bridgehead atoms. The van der Waals surface area contributed by atoms with E-state index < -0.39 is 34.9 Å². The molecule has 2 atom stereocenters. The maximum atomic E-state index is 12.8. The van der Waals surface area contributed by atoms with E-state index in [1.165, 1.54) is 17.8 Å². The van der Waals surface area contributed by atoms with E-state index in [4.69, 9.17) is 28.8 Å². The number of carboxylic acids is 1. The largest absolute Gasteiger partial charge is 0.477 e. The van der Waals surface area contributed by atoms with Gasteiger partial charge >= 0.3 is 5.97 Å².